The third-order valence-electron chi connectivity index (χ3n) is 3.44. The molecule has 0 saturated carbocycles. The molecule has 3 nitrogen and oxygen atoms in total. The van der Waals surface area contributed by atoms with E-state index in [-0.39, 0.29) is 11.9 Å². The first-order valence-corrected chi connectivity index (χ1v) is 6.37. The predicted octanol–water partition coefficient (Wildman–Crippen LogP) is 2.37. The standard InChI is InChI=1S/C14H20FNO2/c1-4-10-11(13-8-16-5-6-18-13)7-12(15)9(2)14(10)17-3/h7,13,16H,4-6,8H2,1-3H3. The van der Waals surface area contributed by atoms with Crippen LogP contribution in [0.4, 0.5) is 4.39 Å². The molecule has 0 aliphatic carbocycles. The zero-order chi connectivity index (χ0) is 13.1. The topological polar surface area (TPSA) is 30.5 Å². The lowest BCUT2D eigenvalue weighted by atomic mass is 9.95. The first-order valence-electron chi connectivity index (χ1n) is 6.37. The van der Waals surface area contributed by atoms with Crippen LogP contribution in [0.25, 0.3) is 0 Å². The Balaban J connectivity index is 2.47. The molecule has 1 N–H and O–H groups in total. The second kappa shape index (κ2) is 5.67. The van der Waals surface area contributed by atoms with Gasteiger partial charge in [-0.2, -0.15) is 0 Å². The quantitative estimate of drug-likeness (QED) is 0.897. The van der Waals surface area contributed by atoms with Crippen LogP contribution in [0.1, 0.15) is 29.7 Å². The van der Waals surface area contributed by atoms with Gasteiger partial charge in [0.2, 0.25) is 0 Å². The van der Waals surface area contributed by atoms with Gasteiger partial charge in [0.05, 0.1) is 19.8 Å². The van der Waals surface area contributed by atoms with Crippen molar-refractivity contribution in [1.82, 2.24) is 5.32 Å². The highest BCUT2D eigenvalue weighted by molar-refractivity contribution is 5.48. The van der Waals surface area contributed by atoms with Crippen LogP contribution in [0.2, 0.25) is 0 Å². The van der Waals surface area contributed by atoms with Crippen molar-refractivity contribution in [3.63, 3.8) is 0 Å². The Hall–Kier alpha value is -1.13. The van der Waals surface area contributed by atoms with Gasteiger partial charge in [-0.25, -0.2) is 4.39 Å². The molecule has 1 aliphatic heterocycles. The predicted molar refractivity (Wildman–Crippen MR) is 68.6 cm³/mol. The molecule has 0 radical (unpaired) electrons. The van der Waals surface area contributed by atoms with Crippen LogP contribution >= 0.6 is 0 Å². The molecule has 0 bridgehead atoms. The molecule has 1 fully saturated rings. The van der Waals surface area contributed by atoms with E-state index in [0.717, 1.165) is 30.6 Å². The van der Waals surface area contributed by atoms with Gasteiger partial charge in [0, 0.05) is 24.2 Å². The Morgan fingerprint density at radius 1 is 1.56 bits per heavy atom. The minimum absolute atomic E-state index is 0.0855. The SMILES string of the molecule is CCc1c(C2CNCCO2)cc(F)c(C)c1OC. The molecule has 100 valence electrons. The summed E-state index contributed by atoms with van der Waals surface area (Å²) in [4.78, 5) is 0. The van der Waals surface area contributed by atoms with Crippen LogP contribution < -0.4 is 10.1 Å². The number of benzene rings is 1. The van der Waals surface area contributed by atoms with Crippen molar-refractivity contribution in [2.24, 2.45) is 0 Å². The summed E-state index contributed by atoms with van der Waals surface area (Å²) in [6.07, 6.45) is 0.720. The molecule has 1 aliphatic rings. The number of hydrogen-bond acceptors (Lipinski definition) is 3. The maximum atomic E-state index is 13.9. The van der Waals surface area contributed by atoms with Gasteiger partial charge in [0.1, 0.15) is 11.6 Å². The zero-order valence-electron chi connectivity index (χ0n) is 11.2. The van der Waals surface area contributed by atoms with Crippen LogP contribution in [-0.2, 0) is 11.2 Å². The highest BCUT2D eigenvalue weighted by atomic mass is 19.1. The summed E-state index contributed by atoms with van der Waals surface area (Å²) in [5.41, 5.74) is 2.52. The highest BCUT2D eigenvalue weighted by Gasteiger charge is 2.23. The molecule has 1 aromatic carbocycles. The van der Waals surface area contributed by atoms with E-state index >= 15 is 0 Å². The van der Waals surface area contributed by atoms with Gasteiger partial charge in [-0.1, -0.05) is 6.92 Å². The fourth-order valence-corrected chi connectivity index (χ4v) is 2.49. The number of morpholine rings is 1. The molecule has 4 heteroatoms. The van der Waals surface area contributed by atoms with Crippen molar-refractivity contribution in [3.8, 4) is 5.75 Å². The largest absolute Gasteiger partial charge is 0.496 e. The summed E-state index contributed by atoms with van der Waals surface area (Å²) in [6.45, 7) is 6.03. The van der Waals surface area contributed by atoms with Crippen molar-refractivity contribution in [2.45, 2.75) is 26.4 Å². The molecule has 1 atom stereocenters. The summed E-state index contributed by atoms with van der Waals surface area (Å²) >= 11 is 0. The molecular formula is C14H20FNO2. The van der Waals surface area contributed by atoms with Crippen LogP contribution in [0.5, 0.6) is 5.75 Å². The van der Waals surface area contributed by atoms with Crippen LogP contribution in [0.15, 0.2) is 6.07 Å². The minimum Gasteiger partial charge on any atom is -0.496 e. The van der Waals surface area contributed by atoms with Gasteiger partial charge >= 0.3 is 0 Å². The van der Waals surface area contributed by atoms with Gasteiger partial charge in [0.15, 0.2) is 0 Å². The van der Waals surface area contributed by atoms with Gasteiger partial charge in [0.25, 0.3) is 0 Å². The lowest BCUT2D eigenvalue weighted by Gasteiger charge is -2.27. The molecule has 0 aromatic heterocycles. The number of nitrogens with one attached hydrogen (secondary N) is 1. The Morgan fingerprint density at radius 2 is 2.33 bits per heavy atom. The fraction of sp³-hybridized carbons (Fsp3) is 0.571. The molecule has 1 unspecified atom stereocenters. The van der Waals surface area contributed by atoms with E-state index < -0.39 is 0 Å². The van der Waals surface area contributed by atoms with Crippen LogP contribution in [0, 0.1) is 12.7 Å². The van der Waals surface area contributed by atoms with Gasteiger partial charge in [-0.3, -0.25) is 0 Å². The van der Waals surface area contributed by atoms with Crippen molar-refractivity contribution in [2.75, 3.05) is 26.8 Å². The molecular weight excluding hydrogens is 233 g/mol. The monoisotopic (exact) mass is 253 g/mol. The van der Waals surface area contributed by atoms with Crippen LogP contribution in [-0.4, -0.2) is 26.8 Å². The van der Waals surface area contributed by atoms with Gasteiger partial charge in [-0.15, -0.1) is 0 Å². The van der Waals surface area contributed by atoms with E-state index in [1.807, 2.05) is 0 Å². The Kier molecular flexibility index (Phi) is 4.19. The first kappa shape index (κ1) is 13.3. The smallest absolute Gasteiger partial charge is 0.130 e. The van der Waals surface area contributed by atoms with Crippen molar-refractivity contribution < 1.29 is 13.9 Å². The third kappa shape index (κ3) is 2.35. The zero-order valence-corrected chi connectivity index (χ0v) is 11.2. The average molecular weight is 253 g/mol. The highest BCUT2D eigenvalue weighted by Crippen LogP contribution is 2.34. The lowest BCUT2D eigenvalue weighted by Crippen LogP contribution is -2.34. The Morgan fingerprint density at radius 3 is 2.89 bits per heavy atom. The Bertz CT molecular complexity index is 428. The summed E-state index contributed by atoms with van der Waals surface area (Å²) in [5.74, 6) is 0.426. The number of halogens is 1. The maximum Gasteiger partial charge on any atom is 0.130 e. The lowest BCUT2D eigenvalue weighted by molar-refractivity contribution is 0.0268. The summed E-state index contributed by atoms with van der Waals surface area (Å²) < 4.78 is 25.0. The first-order chi connectivity index (χ1) is 8.69. The molecule has 0 spiro atoms. The molecule has 18 heavy (non-hydrogen) atoms. The van der Waals surface area contributed by atoms with Crippen molar-refractivity contribution >= 4 is 0 Å². The average Bonchev–Trinajstić information content (AvgIpc) is 2.42. The number of ether oxygens (including phenoxy) is 2. The molecule has 2 rings (SSSR count). The van der Waals surface area contributed by atoms with Gasteiger partial charge in [-0.05, 0) is 25.0 Å². The van der Waals surface area contributed by atoms with E-state index in [1.54, 1.807) is 20.1 Å². The van der Waals surface area contributed by atoms with E-state index in [4.69, 9.17) is 9.47 Å². The molecule has 0 amide bonds. The van der Waals surface area contributed by atoms with Crippen molar-refractivity contribution in [3.05, 3.63) is 28.6 Å². The maximum absolute atomic E-state index is 13.9. The molecule has 1 saturated heterocycles. The normalized spacial score (nSPS) is 19.9. The van der Waals surface area contributed by atoms with E-state index in [1.165, 1.54) is 0 Å². The van der Waals surface area contributed by atoms with Crippen LogP contribution in [0.3, 0.4) is 0 Å². The summed E-state index contributed by atoms with van der Waals surface area (Å²) in [5, 5.41) is 3.27. The Labute approximate surface area is 107 Å². The number of rotatable bonds is 3. The second-order valence-electron chi connectivity index (χ2n) is 4.50. The number of methoxy groups -OCH3 is 1. The van der Waals surface area contributed by atoms with E-state index in [9.17, 15) is 4.39 Å². The van der Waals surface area contributed by atoms with Crippen molar-refractivity contribution in [1.29, 1.82) is 0 Å². The molecule has 1 heterocycles. The van der Waals surface area contributed by atoms with E-state index in [0.29, 0.717) is 17.9 Å². The summed E-state index contributed by atoms with van der Waals surface area (Å²) in [7, 11) is 1.59. The fourth-order valence-electron chi connectivity index (χ4n) is 2.49. The second-order valence-corrected chi connectivity index (χ2v) is 4.50. The summed E-state index contributed by atoms with van der Waals surface area (Å²) in [6, 6.07) is 1.59. The third-order valence-corrected chi connectivity index (χ3v) is 3.44. The minimum atomic E-state index is -0.228. The number of hydrogen-bond donors (Lipinski definition) is 1. The molecule has 1 aromatic rings. The van der Waals surface area contributed by atoms with E-state index in [2.05, 4.69) is 12.2 Å². The van der Waals surface area contributed by atoms with Gasteiger partial charge < -0.3 is 14.8 Å².